The molecule has 3 heteroatoms. The summed E-state index contributed by atoms with van der Waals surface area (Å²) in [5, 5.41) is 6.26. The minimum atomic E-state index is 0.234. The van der Waals surface area contributed by atoms with Gasteiger partial charge in [0.1, 0.15) is 0 Å². The molecule has 1 aliphatic heterocycles. The number of hydrogen-bond donors (Lipinski definition) is 2. The van der Waals surface area contributed by atoms with Crippen LogP contribution in [0, 0.1) is 11.8 Å². The Morgan fingerprint density at radius 3 is 2.83 bits per heavy atom. The Morgan fingerprint density at radius 2 is 2.33 bits per heavy atom. The van der Waals surface area contributed by atoms with E-state index >= 15 is 0 Å². The van der Waals surface area contributed by atoms with Crippen molar-refractivity contribution in [2.24, 2.45) is 11.8 Å². The molecule has 2 aliphatic rings. The summed E-state index contributed by atoms with van der Waals surface area (Å²) in [6.45, 7) is 4.04. The zero-order valence-corrected chi connectivity index (χ0v) is 7.47. The van der Waals surface area contributed by atoms with Gasteiger partial charge >= 0.3 is 0 Å². The van der Waals surface area contributed by atoms with Gasteiger partial charge in [0.15, 0.2) is 0 Å². The lowest BCUT2D eigenvalue weighted by molar-refractivity contribution is -0.124. The average molecular weight is 168 g/mol. The van der Waals surface area contributed by atoms with E-state index in [2.05, 4.69) is 17.6 Å². The van der Waals surface area contributed by atoms with Gasteiger partial charge in [-0.2, -0.15) is 0 Å². The second-order valence-corrected chi connectivity index (χ2v) is 4.02. The Hall–Kier alpha value is -0.570. The summed E-state index contributed by atoms with van der Waals surface area (Å²) in [4.78, 5) is 11.5. The van der Waals surface area contributed by atoms with E-state index in [0.717, 1.165) is 19.5 Å². The number of rotatable bonds is 2. The van der Waals surface area contributed by atoms with E-state index in [1.54, 1.807) is 0 Å². The fourth-order valence-electron chi connectivity index (χ4n) is 1.70. The molecule has 1 saturated heterocycles. The summed E-state index contributed by atoms with van der Waals surface area (Å²) in [6.07, 6.45) is 2.18. The van der Waals surface area contributed by atoms with Crippen molar-refractivity contribution in [3.8, 4) is 0 Å². The van der Waals surface area contributed by atoms with Gasteiger partial charge in [-0.15, -0.1) is 0 Å². The normalized spacial score (nSPS) is 39.6. The average Bonchev–Trinajstić information content (AvgIpc) is 2.58. The quantitative estimate of drug-likeness (QED) is 0.615. The highest BCUT2D eigenvalue weighted by Crippen LogP contribution is 2.29. The van der Waals surface area contributed by atoms with Crippen LogP contribution < -0.4 is 10.6 Å². The number of carbonyl (C=O) groups is 1. The van der Waals surface area contributed by atoms with Crippen molar-refractivity contribution in [1.29, 1.82) is 0 Å². The van der Waals surface area contributed by atoms with E-state index in [-0.39, 0.29) is 11.8 Å². The van der Waals surface area contributed by atoms with Crippen LogP contribution in [0.2, 0.25) is 0 Å². The van der Waals surface area contributed by atoms with Gasteiger partial charge in [-0.05, 0) is 25.3 Å². The third kappa shape index (κ3) is 1.61. The largest absolute Gasteiger partial charge is 0.353 e. The van der Waals surface area contributed by atoms with E-state index in [0.29, 0.717) is 12.0 Å². The first-order valence-corrected chi connectivity index (χ1v) is 4.78. The standard InChI is InChI=1S/C9H16N2O/c1-6-4-8(6)11-9(12)7-2-3-10-5-7/h6-8,10H,2-5H2,1H3,(H,11,12)/t6?,7-,8?/m0/s1. The lowest BCUT2D eigenvalue weighted by Gasteiger charge is -2.08. The molecular weight excluding hydrogens is 152 g/mol. The molecule has 3 atom stereocenters. The Balaban J connectivity index is 1.76. The van der Waals surface area contributed by atoms with Crippen LogP contribution >= 0.6 is 0 Å². The van der Waals surface area contributed by atoms with Crippen LogP contribution in [-0.4, -0.2) is 25.0 Å². The van der Waals surface area contributed by atoms with Gasteiger partial charge < -0.3 is 10.6 Å². The summed E-state index contributed by atoms with van der Waals surface area (Å²) in [5.41, 5.74) is 0. The van der Waals surface area contributed by atoms with Crippen LogP contribution in [0.4, 0.5) is 0 Å². The molecule has 3 nitrogen and oxygen atoms in total. The lowest BCUT2D eigenvalue weighted by atomic mass is 10.1. The molecule has 0 aromatic rings. The molecule has 2 rings (SSSR count). The van der Waals surface area contributed by atoms with Crippen molar-refractivity contribution in [2.75, 3.05) is 13.1 Å². The van der Waals surface area contributed by atoms with Crippen LogP contribution in [0.5, 0.6) is 0 Å². The highest BCUT2D eigenvalue weighted by Gasteiger charge is 2.35. The minimum Gasteiger partial charge on any atom is -0.353 e. The van der Waals surface area contributed by atoms with E-state index < -0.39 is 0 Å². The molecule has 2 fully saturated rings. The molecular formula is C9H16N2O. The van der Waals surface area contributed by atoms with Crippen LogP contribution in [0.3, 0.4) is 0 Å². The first-order chi connectivity index (χ1) is 5.77. The molecule has 1 heterocycles. The van der Waals surface area contributed by atoms with E-state index in [1.165, 1.54) is 6.42 Å². The van der Waals surface area contributed by atoms with Crippen molar-refractivity contribution in [3.63, 3.8) is 0 Å². The molecule has 1 saturated carbocycles. The summed E-state index contributed by atoms with van der Waals surface area (Å²) >= 11 is 0. The maximum absolute atomic E-state index is 11.5. The molecule has 0 spiro atoms. The van der Waals surface area contributed by atoms with E-state index in [4.69, 9.17) is 0 Å². The SMILES string of the molecule is CC1CC1NC(=O)[C@H]1CCNC1. The highest BCUT2D eigenvalue weighted by atomic mass is 16.2. The maximum atomic E-state index is 11.5. The Kier molecular flexibility index (Phi) is 2.05. The number of nitrogens with one attached hydrogen (secondary N) is 2. The molecule has 1 amide bonds. The first kappa shape index (κ1) is 8.05. The molecule has 0 bridgehead atoms. The Labute approximate surface area is 72.9 Å². The minimum absolute atomic E-state index is 0.234. The van der Waals surface area contributed by atoms with Crippen LogP contribution in [0.15, 0.2) is 0 Å². The molecule has 2 N–H and O–H groups in total. The highest BCUT2D eigenvalue weighted by molar-refractivity contribution is 5.79. The van der Waals surface area contributed by atoms with Gasteiger partial charge in [-0.25, -0.2) is 0 Å². The predicted octanol–water partition coefficient (Wildman–Crippen LogP) is 0.120. The topological polar surface area (TPSA) is 41.1 Å². The molecule has 1 aliphatic carbocycles. The van der Waals surface area contributed by atoms with Gasteiger partial charge in [0.2, 0.25) is 5.91 Å². The number of amides is 1. The zero-order chi connectivity index (χ0) is 8.55. The lowest BCUT2D eigenvalue weighted by Crippen LogP contribution is -2.34. The zero-order valence-electron chi connectivity index (χ0n) is 7.47. The molecule has 0 aromatic heterocycles. The summed E-state index contributed by atoms with van der Waals surface area (Å²) in [5.74, 6) is 1.20. The van der Waals surface area contributed by atoms with Gasteiger partial charge in [-0.3, -0.25) is 4.79 Å². The van der Waals surface area contributed by atoms with Crippen molar-refractivity contribution < 1.29 is 4.79 Å². The number of hydrogen-bond acceptors (Lipinski definition) is 2. The van der Waals surface area contributed by atoms with Crippen LogP contribution in [-0.2, 0) is 4.79 Å². The Bertz CT molecular complexity index is 187. The summed E-state index contributed by atoms with van der Waals surface area (Å²) < 4.78 is 0. The fourth-order valence-corrected chi connectivity index (χ4v) is 1.70. The van der Waals surface area contributed by atoms with E-state index in [9.17, 15) is 4.79 Å². The smallest absolute Gasteiger partial charge is 0.224 e. The summed E-state index contributed by atoms with van der Waals surface area (Å²) in [6, 6.07) is 0.484. The molecule has 0 aromatic carbocycles. The van der Waals surface area contributed by atoms with Crippen molar-refractivity contribution in [3.05, 3.63) is 0 Å². The van der Waals surface area contributed by atoms with Gasteiger partial charge in [0.25, 0.3) is 0 Å². The monoisotopic (exact) mass is 168 g/mol. The maximum Gasteiger partial charge on any atom is 0.224 e. The van der Waals surface area contributed by atoms with Crippen molar-refractivity contribution in [1.82, 2.24) is 10.6 Å². The van der Waals surface area contributed by atoms with Crippen molar-refractivity contribution >= 4 is 5.91 Å². The summed E-state index contributed by atoms with van der Waals surface area (Å²) in [7, 11) is 0. The molecule has 12 heavy (non-hydrogen) atoms. The van der Waals surface area contributed by atoms with Crippen molar-refractivity contribution in [2.45, 2.75) is 25.8 Å². The molecule has 68 valence electrons. The number of carbonyl (C=O) groups excluding carboxylic acids is 1. The third-order valence-electron chi connectivity index (χ3n) is 2.87. The third-order valence-corrected chi connectivity index (χ3v) is 2.87. The second-order valence-electron chi connectivity index (χ2n) is 4.02. The molecule has 2 unspecified atom stereocenters. The predicted molar refractivity (Wildman–Crippen MR) is 46.7 cm³/mol. The fraction of sp³-hybridized carbons (Fsp3) is 0.889. The second kappa shape index (κ2) is 3.05. The Morgan fingerprint density at radius 1 is 1.58 bits per heavy atom. The van der Waals surface area contributed by atoms with Gasteiger partial charge in [0.05, 0.1) is 5.92 Å². The first-order valence-electron chi connectivity index (χ1n) is 4.78. The van der Waals surface area contributed by atoms with Gasteiger partial charge in [-0.1, -0.05) is 6.92 Å². The van der Waals surface area contributed by atoms with Crippen LogP contribution in [0.25, 0.3) is 0 Å². The molecule has 0 radical (unpaired) electrons. The van der Waals surface area contributed by atoms with Gasteiger partial charge in [0, 0.05) is 12.6 Å². The van der Waals surface area contributed by atoms with E-state index in [1.807, 2.05) is 0 Å². The van der Waals surface area contributed by atoms with Crippen LogP contribution in [0.1, 0.15) is 19.8 Å².